The van der Waals surface area contributed by atoms with Crippen molar-refractivity contribution in [2.24, 2.45) is 34.5 Å². The number of carbonyl (C=O) groups is 2. The van der Waals surface area contributed by atoms with Gasteiger partial charge in [0.2, 0.25) is 0 Å². The zero-order valence-corrected chi connectivity index (χ0v) is 17.4. The molecule has 4 aliphatic rings. The van der Waals surface area contributed by atoms with E-state index in [0.717, 1.165) is 11.8 Å². The third kappa shape index (κ3) is 3.18. The molecule has 1 unspecified atom stereocenters. The minimum absolute atomic E-state index is 0.156. The summed E-state index contributed by atoms with van der Waals surface area (Å²) in [5, 5.41) is 0. The molecule has 4 bridgehead atoms. The summed E-state index contributed by atoms with van der Waals surface area (Å²) in [6.45, 7) is 9.85. The van der Waals surface area contributed by atoms with Gasteiger partial charge in [0.1, 0.15) is 5.60 Å². The molecule has 0 N–H and O–H groups in total. The highest BCUT2D eigenvalue weighted by atomic mass is 16.6. The molecule has 0 aromatic carbocycles. The minimum atomic E-state index is -0.712. The van der Waals surface area contributed by atoms with Crippen LogP contribution in [0.4, 0.5) is 0 Å². The summed E-state index contributed by atoms with van der Waals surface area (Å²) in [6.07, 6.45) is 7.33. The Morgan fingerprint density at radius 1 is 0.962 bits per heavy atom. The average molecular weight is 365 g/mol. The fourth-order valence-electron chi connectivity index (χ4n) is 6.26. The summed E-state index contributed by atoms with van der Waals surface area (Å²) in [4.78, 5) is 25.4. The summed E-state index contributed by atoms with van der Waals surface area (Å²) in [5.74, 6) is 2.31. The number of hydrogen-bond donors (Lipinski definition) is 0. The van der Waals surface area contributed by atoms with Crippen LogP contribution in [0.15, 0.2) is 0 Å². The summed E-state index contributed by atoms with van der Waals surface area (Å²) in [6, 6.07) is 0. The van der Waals surface area contributed by atoms with Crippen molar-refractivity contribution < 1.29 is 19.1 Å². The van der Waals surface area contributed by atoms with Crippen molar-refractivity contribution in [3.8, 4) is 0 Å². The van der Waals surface area contributed by atoms with Crippen molar-refractivity contribution >= 4 is 11.9 Å². The van der Waals surface area contributed by atoms with E-state index in [9.17, 15) is 9.59 Å². The molecule has 0 spiro atoms. The van der Waals surface area contributed by atoms with Crippen molar-refractivity contribution in [1.29, 1.82) is 0 Å². The van der Waals surface area contributed by atoms with Crippen LogP contribution in [-0.2, 0) is 19.1 Å². The number of rotatable bonds is 6. The molecule has 0 radical (unpaired) electrons. The third-order valence-corrected chi connectivity index (χ3v) is 7.92. The molecule has 0 heterocycles. The largest absolute Gasteiger partial charge is 0.469 e. The Morgan fingerprint density at radius 2 is 1.46 bits per heavy atom. The maximum absolute atomic E-state index is 13.2. The Hall–Kier alpha value is -1.06. The SMILES string of the molecule is CCC(C)(CC(C)(C)C(=O)OC1(C)C2CC3CC(C2)CC1C3)C(=O)OC. The van der Waals surface area contributed by atoms with Crippen LogP contribution >= 0.6 is 0 Å². The highest BCUT2D eigenvalue weighted by Gasteiger charge is 2.58. The Bertz CT molecular complexity index is 551. The molecule has 4 saturated carbocycles. The van der Waals surface area contributed by atoms with Gasteiger partial charge in [0.05, 0.1) is 17.9 Å². The summed E-state index contributed by atoms with van der Waals surface area (Å²) in [7, 11) is 1.41. The molecule has 4 aliphatic carbocycles. The molecular formula is C22H36O4. The van der Waals surface area contributed by atoms with Crippen molar-refractivity contribution in [3.05, 3.63) is 0 Å². The molecule has 0 saturated heterocycles. The summed E-state index contributed by atoms with van der Waals surface area (Å²) in [5.41, 5.74) is -1.70. The number of esters is 2. The Kier molecular flexibility index (Phi) is 4.94. The van der Waals surface area contributed by atoms with Crippen molar-refractivity contribution in [1.82, 2.24) is 0 Å². The molecule has 0 aromatic rings. The second kappa shape index (κ2) is 6.53. The van der Waals surface area contributed by atoms with Crippen LogP contribution < -0.4 is 0 Å². The van der Waals surface area contributed by atoms with Crippen LogP contribution in [0.25, 0.3) is 0 Å². The minimum Gasteiger partial charge on any atom is -0.469 e. The number of methoxy groups -OCH3 is 1. The normalized spacial score (nSPS) is 37.9. The van der Waals surface area contributed by atoms with Gasteiger partial charge >= 0.3 is 11.9 Å². The van der Waals surface area contributed by atoms with Gasteiger partial charge in [-0.15, -0.1) is 0 Å². The zero-order valence-electron chi connectivity index (χ0n) is 17.4. The first-order valence-electron chi connectivity index (χ1n) is 10.4. The quantitative estimate of drug-likeness (QED) is 0.638. The van der Waals surface area contributed by atoms with Gasteiger partial charge in [0, 0.05) is 0 Å². The Morgan fingerprint density at radius 3 is 1.88 bits per heavy atom. The standard InChI is InChI=1S/C22H36O4/c1-7-21(4,19(24)25-6)13-20(2,3)18(23)26-22(5)16-9-14-8-15(11-16)12-17(22)10-14/h14-17H,7-13H2,1-6H3. The van der Waals surface area contributed by atoms with E-state index in [-0.39, 0.29) is 17.5 Å². The Labute approximate surface area is 158 Å². The van der Waals surface area contributed by atoms with Crippen molar-refractivity contribution in [3.63, 3.8) is 0 Å². The molecule has 4 rings (SSSR count). The first kappa shape index (κ1) is 19.7. The van der Waals surface area contributed by atoms with Crippen molar-refractivity contribution in [2.75, 3.05) is 7.11 Å². The lowest BCUT2D eigenvalue weighted by Gasteiger charge is -2.59. The first-order valence-corrected chi connectivity index (χ1v) is 10.4. The fourth-order valence-corrected chi connectivity index (χ4v) is 6.26. The van der Waals surface area contributed by atoms with E-state index in [4.69, 9.17) is 9.47 Å². The number of carbonyl (C=O) groups excluding carboxylic acids is 2. The topological polar surface area (TPSA) is 52.6 Å². The molecule has 0 aromatic heterocycles. The van der Waals surface area contributed by atoms with E-state index in [2.05, 4.69) is 6.92 Å². The molecule has 26 heavy (non-hydrogen) atoms. The van der Waals surface area contributed by atoms with Gasteiger partial charge < -0.3 is 9.47 Å². The lowest BCUT2D eigenvalue weighted by Crippen LogP contribution is -2.59. The van der Waals surface area contributed by atoms with Crippen LogP contribution in [0, 0.1) is 34.5 Å². The molecule has 148 valence electrons. The maximum atomic E-state index is 13.2. The van der Waals surface area contributed by atoms with Crippen LogP contribution in [0.5, 0.6) is 0 Å². The van der Waals surface area contributed by atoms with E-state index in [1.165, 1.54) is 39.2 Å². The zero-order chi connectivity index (χ0) is 19.3. The summed E-state index contributed by atoms with van der Waals surface area (Å²) >= 11 is 0. The van der Waals surface area contributed by atoms with Crippen LogP contribution in [0.1, 0.15) is 79.6 Å². The van der Waals surface area contributed by atoms with E-state index in [0.29, 0.717) is 24.7 Å². The predicted octanol–water partition coefficient (Wildman–Crippen LogP) is 4.75. The van der Waals surface area contributed by atoms with E-state index < -0.39 is 10.8 Å². The van der Waals surface area contributed by atoms with Crippen LogP contribution in [0.3, 0.4) is 0 Å². The molecule has 1 atom stereocenters. The fraction of sp³-hybridized carbons (Fsp3) is 0.909. The van der Waals surface area contributed by atoms with Crippen molar-refractivity contribution in [2.45, 2.75) is 85.2 Å². The van der Waals surface area contributed by atoms with Gasteiger partial charge in [-0.1, -0.05) is 6.92 Å². The van der Waals surface area contributed by atoms with Gasteiger partial charge in [0.25, 0.3) is 0 Å². The number of hydrogen-bond acceptors (Lipinski definition) is 4. The molecular weight excluding hydrogens is 328 g/mol. The Balaban J connectivity index is 1.73. The lowest BCUT2D eigenvalue weighted by atomic mass is 9.50. The van der Waals surface area contributed by atoms with Crippen LogP contribution in [0.2, 0.25) is 0 Å². The van der Waals surface area contributed by atoms with E-state index in [1.54, 1.807) is 0 Å². The third-order valence-electron chi connectivity index (χ3n) is 7.92. The molecule has 0 aliphatic heterocycles. The maximum Gasteiger partial charge on any atom is 0.312 e. The molecule has 4 nitrogen and oxygen atoms in total. The first-order chi connectivity index (χ1) is 12.0. The summed E-state index contributed by atoms with van der Waals surface area (Å²) < 4.78 is 11.3. The monoisotopic (exact) mass is 364 g/mol. The van der Waals surface area contributed by atoms with Gasteiger partial charge in [0.15, 0.2) is 0 Å². The molecule has 0 amide bonds. The van der Waals surface area contributed by atoms with Gasteiger partial charge in [-0.2, -0.15) is 0 Å². The average Bonchev–Trinajstić information content (AvgIpc) is 2.57. The molecule has 4 heteroatoms. The van der Waals surface area contributed by atoms with E-state index >= 15 is 0 Å². The lowest BCUT2D eigenvalue weighted by molar-refractivity contribution is -0.212. The van der Waals surface area contributed by atoms with Gasteiger partial charge in [-0.3, -0.25) is 9.59 Å². The predicted molar refractivity (Wildman–Crippen MR) is 100 cm³/mol. The van der Waals surface area contributed by atoms with E-state index in [1.807, 2.05) is 27.7 Å². The number of ether oxygens (including phenoxy) is 2. The second-order valence-corrected chi connectivity index (χ2v) is 10.3. The smallest absolute Gasteiger partial charge is 0.312 e. The molecule has 4 fully saturated rings. The van der Waals surface area contributed by atoms with Gasteiger partial charge in [-0.05, 0) is 96.3 Å². The highest BCUT2D eigenvalue weighted by Crippen LogP contribution is 2.59. The highest BCUT2D eigenvalue weighted by molar-refractivity contribution is 5.80. The van der Waals surface area contributed by atoms with Gasteiger partial charge in [-0.25, -0.2) is 0 Å². The second-order valence-electron chi connectivity index (χ2n) is 10.3. The van der Waals surface area contributed by atoms with Crippen LogP contribution in [-0.4, -0.2) is 24.6 Å².